The summed E-state index contributed by atoms with van der Waals surface area (Å²) in [5.74, 6) is 0. The molecule has 0 spiro atoms. The molecule has 2 aliphatic carbocycles. The van der Waals surface area contributed by atoms with Gasteiger partial charge in [-0.15, -0.1) is 0 Å². The fourth-order valence-corrected chi connectivity index (χ4v) is 8.09. The number of para-hydroxylation sites is 2. The molecule has 2 aliphatic rings. The quantitative estimate of drug-likeness (QED) is 0.178. The summed E-state index contributed by atoms with van der Waals surface area (Å²) in [4.78, 5) is 5.12. The van der Waals surface area contributed by atoms with Crippen molar-refractivity contribution in [3.63, 3.8) is 0 Å². The van der Waals surface area contributed by atoms with Crippen molar-refractivity contribution in [2.75, 3.05) is 0 Å². The number of hydrogen-bond donors (Lipinski definition) is 0. The highest BCUT2D eigenvalue weighted by molar-refractivity contribution is 6.17. The van der Waals surface area contributed by atoms with E-state index in [0.29, 0.717) is 0 Å². The summed E-state index contributed by atoms with van der Waals surface area (Å²) in [5.41, 5.74) is 14.7. The molecule has 0 fully saturated rings. The zero-order valence-corrected chi connectivity index (χ0v) is 25.7. The molecule has 0 bridgehead atoms. The lowest BCUT2D eigenvalue weighted by Gasteiger charge is -2.31. The van der Waals surface area contributed by atoms with Gasteiger partial charge in [-0.1, -0.05) is 133 Å². The van der Waals surface area contributed by atoms with Crippen LogP contribution < -0.4 is 0 Å². The van der Waals surface area contributed by atoms with Gasteiger partial charge in [0.15, 0.2) is 0 Å². The molecule has 0 N–H and O–H groups in total. The fourth-order valence-electron chi connectivity index (χ4n) is 8.09. The molecule has 1 heterocycles. The van der Waals surface area contributed by atoms with Crippen LogP contribution in [-0.2, 0) is 11.8 Å². The molecule has 1 unspecified atom stereocenters. The topological polar surface area (TPSA) is 17.3 Å². The minimum absolute atomic E-state index is 0.364. The third kappa shape index (κ3) is 3.74. The predicted octanol–water partition coefficient (Wildman–Crippen LogP) is 10.6. The number of hydrogen-bond acceptors (Lipinski definition) is 1. The number of allylic oxidation sites excluding steroid dienone is 3. The van der Waals surface area contributed by atoms with Crippen LogP contribution in [0.25, 0.3) is 38.8 Å². The Labute approximate surface area is 269 Å². The van der Waals surface area contributed by atoms with Crippen LogP contribution >= 0.6 is 0 Å². The van der Waals surface area contributed by atoms with Gasteiger partial charge < -0.3 is 4.57 Å². The summed E-state index contributed by atoms with van der Waals surface area (Å²) in [6, 6.07) is 55.2. The van der Waals surface area contributed by atoms with E-state index in [4.69, 9.17) is 4.99 Å². The Bertz CT molecular complexity index is 2330. The second kappa shape index (κ2) is 10.4. The fraction of sp³-hybridized carbons (Fsp3) is 0.0682. The molecule has 6 aromatic carbocycles. The van der Waals surface area contributed by atoms with Crippen molar-refractivity contribution in [1.29, 1.82) is 0 Å². The number of nitrogens with zero attached hydrogens (tertiary/aromatic N) is 2. The van der Waals surface area contributed by atoms with Gasteiger partial charge in [0.1, 0.15) is 0 Å². The van der Waals surface area contributed by atoms with Crippen molar-refractivity contribution >= 4 is 39.3 Å². The smallest absolute Gasteiger partial charge is 0.0683 e. The van der Waals surface area contributed by atoms with Gasteiger partial charge in [0.2, 0.25) is 0 Å². The van der Waals surface area contributed by atoms with Crippen LogP contribution in [0.1, 0.15) is 40.3 Å². The second-order valence-corrected chi connectivity index (χ2v) is 12.2. The summed E-state index contributed by atoms with van der Waals surface area (Å²) in [6.45, 7) is 2.06. The van der Waals surface area contributed by atoms with Crippen LogP contribution in [-0.4, -0.2) is 10.8 Å². The van der Waals surface area contributed by atoms with E-state index in [1.54, 1.807) is 0 Å². The maximum Gasteiger partial charge on any atom is 0.0683 e. The molecule has 1 atom stereocenters. The molecular weight excluding hydrogens is 556 g/mol. The van der Waals surface area contributed by atoms with Crippen molar-refractivity contribution in [2.45, 2.75) is 18.8 Å². The van der Waals surface area contributed by atoms with E-state index in [-0.39, 0.29) is 5.41 Å². The van der Waals surface area contributed by atoms with Gasteiger partial charge >= 0.3 is 0 Å². The van der Waals surface area contributed by atoms with Gasteiger partial charge in [-0.25, -0.2) is 0 Å². The van der Waals surface area contributed by atoms with Crippen molar-refractivity contribution in [3.05, 3.63) is 197 Å². The number of aromatic nitrogens is 1. The van der Waals surface area contributed by atoms with Crippen molar-refractivity contribution < 1.29 is 0 Å². The van der Waals surface area contributed by atoms with Gasteiger partial charge in [-0.2, -0.15) is 0 Å². The molecule has 0 amide bonds. The molecule has 2 nitrogen and oxygen atoms in total. The second-order valence-electron chi connectivity index (χ2n) is 12.2. The van der Waals surface area contributed by atoms with Crippen molar-refractivity contribution in [2.24, 2.45) is 4.99 Å². The van der Waals surface area contributed by atoms with Crippen LogP contribution in [0.15, 0.2) is 168 Å². The number of benzene rings is 6. The molecule has 1 aromatic heterocycles. The normalized spacial score (nSPS) is 17.2. The molecular formula is C44H32N2. The highest BCUT2D eigenvalue weighted by Gasteiger charge is 2.51. The minimum atomic E-state index is -0.364. The first-order valence-corrected chi connectivity index (χ1v) is 16.1. The summed E-state index contributed by atoms with van der Waals surface area (Å²) in [7, 11) is 0. The first-order valence-electron chi connectivity index (χ1n) is 16.1. The lowest BCUT2D eigenvalue weighted by Crippen LogP contribution is -2.26. The first-order chi connectivity index (χ1) is 22.8. The maximum atomic E-state index is 5.12. The highest BCUT2D eigenvalue weighted by atomic mass is 15.0. The lowest BCUT2D eigenvalue weighted by molar-refractivity contribution is 0.768. The molecule has 0 radical (unpaired) electrons. The van der Waals surface area contributed by atoms with E-state index in [9.17, 15) is 0 Å². The standard InChI is InChI=1S/C44H32N2/c1-2-41(30-14-4-3-5-15-30)45-29-37-34-17-7-11-21-39(34)44(38-20-10-6-16-31(38)28-40(37)44)32-24-26-33(27-25-32)46-42-22-12-8-18-35(42)36-19-9-13-23-43(36)46/h2-27,29H,28H2,1H3/b41-2+,45-29?. The van der Waals surface area contributed by atoms with Gasteiger partial charge in [0, 0.05) is 28.2 Å². The Kier molecular flexibility index (Phi) is 6.04. The number of fused-ring (bicyclic) bond motifs is 8. The maximum absolute atomic E-state index is 5.12. The Morgan fingerprint density at radius 3 is 1.96 bits per heavy atom. The monoisotopic (exact) mass is 588 g/mol. The Morgan fingerprint density at radius 2 is 1.24 bits per heavy atom. The zero-order valence-electron chi connectivity index (χ0n) is 25.7. The predicted molar refractivity (Wildman–Crippen MR) is 193 cm³/mol. The molecule has 9 rings (SSSR count). The van der Waals surface area contributed by atoms with E-state index in [1.807, 2.05) is 0 Å². The molecule has 0 aliphatic heterocycles. The van der Waals surface area contributed by atoms with Crippen LogP contribution in [0.2, 0.25) is 0 Å². The van der Waals surface area contributed by atoms with E-state index in [2.05, 4.69) is 175 Å². The summed E-state index contributed by atoms with van der Waals surface area (Å²) in [6.07, 6.45) is 5.12. The molecule has 2 heteroatoms. The third-order valence-corrected chi connectivity index (χ3v) is 10.0. The Balaban J connectivity index is 1.25. The molecule has 0 saturated heterocycles. The lowest BCUT2D eigenvalue weighted by atomic mass is 9.70. The van der Waals surface area contributed by atoms with Crippen LogP contribution in [0.5, 0.6) is 0 Å². The van der Waals surface area contributed by atoms with Crippen LogP contribution in [0, 0.1) is 0 Å². The summed E-state index contributed by atoms with van der Waals surface area (Å²) in [5, 5.41) is 2.56. The number of aliphatic imine (C=N–C) groups is 1. The Hall–Kier alpha value is -5.73. The summed E-state index contributed by atoms with van der Waals surface area (Å²) < 4.78 is 2.40. The van der Waals surface area contributed by atoms with E-state index < -0.39 is 0 Å². The van der Waals surface area contributed by atoms with Gasteiger partial charge in [0.25, 0.3) is 0 Å². The SMILES string of the molecule is C/C=C(/N=CC1=C2Cc3ccccc3C2(c2ccc(-n3c4ccccc4c4ccccc43)cc2)c2ccccc21)c1ccccc1. The van der Waals surface area contributed by atoms with Gasteiger partial charge in [0.05, 0.1) is 22.1 Å². The largest absolute Gasteiger partial charge is 0.309 e. The molecule has 218 valence electrons. The van der Waals surface area contributed by atoms with Crippen LogP contribution in [0.3, 0.4) is 0 Å². The van der Waals surface area contributed by atoms with E-state index in [1.165, 1.54) is 66.5 Å². The van der Waals surface area contributed by atoms with E-state index >= 15 is 0 Å². The molecule has 7 aromatic rings. The average molecular weight is 589 g/mol. The Morgan fingerprint density at radius 1 is 0.630 bits per heavy atom. The zero-order chi connectivity index (χ0) is 30.7. The molecule has 0 saturated carbocycles. The number of rotatable bonds is 5. The van der Waals surface area contributed by atoms with Gasteiger partial charge in [-0.05, 0) is 76.6 Å². The average Bonchev–Trinajstić information content (AvgIpc) is 3.73. The molecule has 46 heavy (non-hydrogen) atoms. The van der Waals surface area contributed by atoms with Crippen molar-refractivity contribution in [3.8, 4) is 5.69 Å². The minimum Gasteiger partial charge on any atom is -0.309 e. The van der Waals surface area contributed by atoms with E-state index in [0.717, 1.165) is 17.7 Å². The first kappa shape index (κ1) is 26.7. The highest BCUT2D eigenvalue weighted by Crippen LogP contribution is 2.59. The summed E-state index contributed by atoms with van der Waals surface area (Å²) >= 11 is 0. The van der Waals surface area contributed by atoms with Crippen LogP contribution in [0.4, 0.5) is 0 Å². The van der Waals surface area contributed by atoms with Crippen molar-refractivity contribution in [1.82, 2.24) is 4.57 Å². The van der Waals surface area contributed by atoms with Gasteiger partial charge in [-0.3, -0.25) is 4.99 Å². The third-order valence-electron chi connectivity index (χ3n) is 10.0.